The fourth-order valence-corrected chi connectivity index (χ4v) is 1.98. The Labute approximate surface area is 97.6 Å². The summed E-state index contributed by atoms with van der Waals surface area (Å²) in [5, 5.41) is 9.56. The zero-order valence-corrected chi connectivity index (χ0v) is 10.7. The lowest BCUT2D eigenvalue weighted by Gasteiger charge is -2.38. The molecule has 0 saturated carbocycles. The fourth-order valence-electron chi connectivity index (χ4n) is 1.98. The van der Waals surface area contributed by atoms with Crippen molar-refractivity contribution in [2.75, 3.05) is 6.54 Å². The maximum Gasteiger partial charge on any atom is 0.410 e. The van der Waals surface area contributed by atoms with Gasteiger partial charge in [0.25, 0.3) is 0 Å². The number of aliphatic hydroxyl groups excluding tert-OH is 1. The molecule has 1 amide bonds. The molecule has 1 aliphatic rings. The molecule has 2 atom stereocenters. The van der Waals surface area contributed by atoms with Crippen LogP contribution in [0.25, 0.3) is 0 Å². The maximum atomic E-state index is 11.9. The molecule has 94 valence electrons. The molecule has 16 heavy (non-hydrogen) atoms. The summed E-state index contributed by atoms with van der Waals surface area (Å²) >= 11 is 0. The lowest BCUT2D eigenvalue weighted by atomic mass is 9.98. The minimum absolute atomic E-state index is 0.110. The van der Waals surface area contributed by atoms with Gasteiger partial charge in [0.2, 0.25) is 0 Å². The van der Waals surface area contributed by atoms with Crippen molar-refractivity contribution in [3.05, 3.63) is 0 Å². The van der Waals surface area contributed by atoms with Crippen LogP contribution < -0.4 is 0 Å². The molecular formula is C12H23NO3. The van der Waals surface area contributed by atoms with Crippen LogP contribution in [0, 0.1) is 0 Å². The second-order valence-electron chi connectivity index (χ2n) is 5.41. The first-order chi connectivity index (χ1) is 7.33. The van der Waals surface area contributed by atoms with Crippen LogP contribution in [-0.2, 0) is 4.74 Å². The summed E-state index contributed by atoms with van der Waals surface area (Å²) in [6, 6.07) is 0.110. The van der Waals surface area contributed by atoms with Crippen LogP contribution in [0.1, 0.15) is 47.0 Å². The summed E-state index contributed by atoms with van der Waals surface area (Å²) in [5.74, 6) is 0. The third-order valence-electron chi connectivity index (χ3n) is 2.79. The van der Waals surface area contributed by atoms with Gasteiger partial charge in [0.05, 0.1) is 6.10 Å². The Hall–Kier alpha value is -0.770. The van der Waals surface area contributed by atoms with Crippen molar-refractivity contribution in [1.29, 1.82) is 0 Å². The average molecular weight is 229 g/mol. The number of piperidine rings is 1. The molecule has 4 nitrogen and oxygen atoms in total. The van der Waals surface area contributed by atoms with Gasteiger partial charge in [-0.15, -0.1) is 0 Å². The molecule has 4 heteroatoms. The highest BCUT2D eigenvalue weighted by Gasteiger charge is 2.32. The highest BCUT2D eigenvalue weighted by Crippen LogP contribution is 2.22. The molecule has 1 fully saturated rings. The van der Waals surface area contributed by atoms with Gasteiger partial charge in [-0.2, -0.15) is 0 Å². The van der Waals surface area contributed by atoms with Crippen LogP contribution in [0.5, 0.6) is 0 Å². The molecular weight excluding hydrogens is 206 g/mol. The van der Waals surface area contributed by atoms with Gasteiger partial charge in [-0.3, -0.25) is 0 Å². The third kappa shape index (κ3) is 3.67. The van der Waals surface area contributed by atoms with Gasteiger partial charge in [-0.1, -0.05) is 6.92 Å². The lowest BCUT2D eigenvalue weighted by Crippen LogP contribution is -2.49. The Kier molecular flexibility index (Phi) is 4.19. The smallest absolute Gasteiger partial charge is 0.410 e. The van der Waals surface area contributed by atoms with Crippen LogP contribution in [0.15, 0.2) is 0 Å². The summed E-state index contributed by atoms with van der Waals surface area (Å²) in [6.07, 6.45) is 1.64. The lowest BCUT2D eigenvalue weighted by molar-refractivity contribution is -0.00840. The van der Waals surface area contributed by atoms with Crippen molar-refractivity contribution < 1.29 is 14.6 Å². The van der Waals surface area contributed by atoms with Crippen LogP contribution in [0.4, 0.5) is 4.79 Å². The minimum atomic E-state index is -0.453. The topological polar surface area (TPSA) is 49.8 Å². The average Bonchev–Trinajstić information content (AvgIpc) is 2.14. The van der Waals surface area contributed by atoms with Crippen LogP contribution in [-0.4, -0.2) is 40.4 Å². The van der Waals surface area contributed by atoms with E-state index in [2.05, 4.69) is 0 Å². The van der Waals surface area contributed by atoms with Gasteiger partial charge in [-0.25, -0.2) is 4.79 Å². The molecule has 0 bridgehead atoms. The molecule has 0 radical (unpaired) electrons. The predicted octanol–water partition coefficient (Wildman–Crippen LogP) is 2.16. The zero-order chi connectivity index (χ0) is 12.3. The SMILES string of the molecule is CC[C@H]1C[C@H](O)CCN1C(=O)OC(C)(C)C. The molecule has 0 unspecified atom stereocenters. The fraction of sp³-hybridized carbons (Fsp3) is 0.917. The Morgan fingerprint density at radius 1 is 1.50 bits per heavy atom. The summed E-state index contributed by atoms with van der Waals surface area (Å²) in [6.45, 7) is 8.22. The predicted molar refractivity (Wildman–Crippen MR) is 62.3 cm³/mol. The number of amides is 1. The Balaban J connectivity index is 2.60. The molecule has 0 aromatic rings. The van der Waals surface area contributed by atoms with E-state index in [4.69, 9.17) is 4.74 Å². The van der Waals surface area contributed by atoms with Gasteiger partial charge in [-0.05, 0) is 40.0 Å². The minimum Gasteiger partial charge on any atom is -0.444 e. The maximum absolute atomic E-state index is 11.9. The van der Waals surface area contributed by atoms with E-state index in [-0.39, 0.29) is 18.2 Å². The van der Waals surface area contributed by atoms with E-state index in [0.717, 1.165) is 6.42 Å². The van der Waals surface area contributed by atoms with Gasteiger partial charge in [0.15, 0.2) is 0 Å². The number of hydrogen-bond acceptors (Lipinski definition) is 3. The van der Waals surface area contributed by atoms with E-state index in [0.29, 0.717) is 19.4 Å². The molecule has 1 N–H and O–H groups in total. The van der Waals surface area contributed by atoms with Gasteiger partial charge in [0, 0.05) is 12.6 Å². The summed E-state index contributed by atoms with van der Waals surface area (Å²) in [4.78, 5) is 13.7. The Morgan fingerprint density at radius 2 is 2.12 bits per heavy atom. The Morgan fingerprint density at radius 3 is 2.62 bits per heavy atom. The van der Waals surface area contributed by atoms with E-state index in [1.807, 2.05) is 27.7 Å². The van der Waals surface area contributed by atoms with Crippen molar-refractivity contribution in [1.82, 2.24) is 4.90 Å². The molecule has 1 heterocycles. The first-order valence-corrected chi connectivity index (χ1v) is 6.01. The highest BCUT2D eigenvalue weighted by atomic mass is 16.6. The normalized spacial score (nSPS) is 26.7. The first kappa shape index (κ1) is 13.3. The van der Waals surface area contributed by atoms with Crippen LogP contribution >= 0.6 is 0 Å². The molecule has 1 saturated heterocycles. The van der Waals surface area contributed by atoms with E-state index >= 15 is 0 Å². The van der Waals surface area contributed by atoms with Gasteiger partial charge in [0.1, 0.15) is 5.60 Å². The molecule has 0 aromatic heterocycles. The molecule has 1 aliphatic heterocycles. The quantitative estimate of drug-likeness (QED) is 0.749. The van der Waals surface area contributed by atoms with Gasteiger partial charge < -0.3 is 14.7 Å². The van der Waals surface area contributed by atoms with Crippen LogP contribution in [0.2, 0.25) is 0 Å². The molecule has 0 aliphatic carbocycles. The number of aliphatic hydroxyl groups is 1. The second kappa shape index (κ2) is 5.04. The van der Waals surface area contributed by atoms with E-state index in [1.165, 1.54) is 0 Å². The number of carbonyl (C=O) groups excluding carboxylic acids is 1. The number of ether oxygens (including phenoxy) is 1. The number of likely N-dealkylation sites (tertiary alicyclic amines) is 1. The van der Waals surface area contributed by atoms with E-state index < -0.39 is 5.60 Å². The summed E-state index contributed by atoms with van der Waals surface area (Å²) < 4.78 is 5.35. The number of rotatable bonds is 1. The van der Waals surface area contributed by atoms with Crippen molar-refractivity contribution in [3.63, 3.8) is 0 Å². The zero-order valence-electron chi connectivity index (χ0n) is 10.7. The monoisotopic (exact) mass is 229 g/mol. The highest BCUT2D eigenvalue weighted by molar-refractivity contribution is 5.68. The number of hydrogen-bond donors (Lipinski definition) is 1. The van der Waals surface area contributed by atoms with Crippen molar-refractivity contribution >= 4 is 6.09 Å². The third-order valence-corrected chi connectivity index (χ3v) is 2.79. The van der Waals surface area contributed by atoms with Crippen LogP contribution in [0.3, 0.4) is 0 Å². The van der Waals surface area contributed by atoms with E-state index in [9.17, 15) is 9.90 Å². The Bertz CT molecular complexity index is 247. The van der Waals surface area contributed by atoms with E-state index in [1.54, 1.807) is 4.90 Å². The molecule has 0 aromatic carbocycles. The van der Waals surface area contributed by atoms with Crippen molar-refractivity contribution in [2.45, 2.75) is 64.7 Å². The summed E-state index contributed by atoms with van der Waals surface area (Å²) in [5.41, 5.74) is -0.453. The first-order valence-electron chi connectivity index (χ1n) is 6.01. The van der Waals surface area contributed by atoms with Crippen molar-refractivity contribution in [3.8, 4) is 0 Å². The molecule has 1 rings (SSSR count). The largest absolute Gasteiger partial charge is 0.444 e. The summed E-state index contributed by atoms with van der Waals surface area (Å²) in [7, 11) is 0. The molecule has 0 spiro atoms. The second-order valence-corrected chi connectivity index (χ2v) is 5.41. The number of nitrogens with zero attached hydrogens (tertiary/aromatic N) is 1. The van der Waals surface area contributed by atoms with Crippen molar-refractivity contribution in [2.24, 2.45) is 0 Å². The number of carbonyl (C=O) groups is 1. The van der Waals surface area contributed by atoms with Gasteiger partial charge >= 0.3 is 6.09 Å². The standard InChI is InChI=1S/C12H23NO3/c1-5-9-8-10(14)6-7-13(9)11(15)16-12(2,3)4/h9-10,14H,5-8H2,1-4H3/t9-,10+/m0/s1.